The molecule has 0 saturated heterocycles. The number of nitrogen functional groups attached to an aromatic ring is 1. The van der Waals surface area contributed by atoms with Crippen LogP contribution in [0.1, 0.15) is 11.3 Å². The summed E-state index contributed by atoms with van der Waals surface area (Å²) in [6.45, 7) is 0. The molecule has 28 heavy (non-hydrogen) atoms. The molecule has 0 fully saturated rings. The van der Waals surface area contributed by atoms with Crippen LogP contribution in [0, 0.1) is 0 Å². The number of nitrogens with two attached hydrogens (primary N) is 1. The number of carbonyl (C=O) groups is 2. The third-order valence-electron chi connectivity index (χ3n) is 3.90. The van der Waals surface area contributed by atoms with E-state index < -0.39 is 0 Å². The Hall–Kier alpha value is -3.93. The number of aromatic nitrogens is 1. The molecule has 6 heteroatoms. The highest BCUT2D eigenvalue weighted by Crippen LogP contribution is 2.16. The first kappa shape index (κ1) is 18.8. The third-order valence-corrected chi connectivity index (χ3v) is 3.90. The summed E-state index contributed by atoms with van der Waals surface area (Å²) in [5, 5.41) is 5.51. The van der Waals surface area contributed by atoms with Crippen molar-refractivity contribution in [2.75, 3.05) is 16.4 Å². The smallest absolute Gasteiger partial charge is 0.248 e. The van der Waals surface area contributed by atoms with Gasteiger partial charge < -0.3 is 16.4 Å². The summed E-state index contributed by atoms with van der Waals surface area (Å²) in [4.78, 5) is 28.3. The van der Waals surface area contributed by atoms with Gasteiger partial charge in [0.25, 0.3) is 0 Å². The van der Waals surface area contributed by atoms with Gasteiger partial charge in [0.15, 0.2) is 0 Å². The van der Waals surface area contributed by atoms with Crippen LogP contribution in [0.4, 0.5) is 17.1 Å². The lowest BCUT2D eigenvalue weighted by Gasteiger charge is -2.06. The quantitative estimate of drug-likeness (QED) is 0.456. The number of para-hydroxylation sites is 2. The van der Waals surface area contributed by atoms with Gasteiger partial charge in [-0.05, 0) is 35.9 Å². The Bertz CT molecular complexity index is 983. The van der Waals surface area contributed by atoms with Crippen molar-refractivity contribution in [1.29, 1.82) is 0 Å². The van der Waals surface area contributed by atoms with Gasteiger partial charge in [-0.2, -0.15) is 0 Å². The second-order valence-electron chi connectivity index (χ2n) is 6.09. The van der Waals surface area contributed by atoms with E-state index in [4.69, 9.17) is 5.73 Å². The number of nitrogens with zero attached hydrogens (tertiary/aromatic N) is 1. The fourth-order valence-corrected chi connectivity index (χ4v) is 2.51. The maximum Gasteiger partial charge on any atom is 0.248 e. The summed E-state index contributed by atoms with van der Waals surface area (Å²) < 4.78 is 0. The molecular formula is C22H20N4O2. The van der Waals surface area contributed by atoms with E-state index in [0.29, 0.717) is 29.2 Å². The average Bonchev–Trinajstić information content (AvgIpc) is 2.70. The first-order valence-corrected chi connectivity index (χ1v) is 8.73. The van der Waals surface area contributed by atoms with Gasteiger partial charge in [0.1, 0.15) is 0 Å². The predicted octanol–water partition coefficient (Wildman–Crippen LogP) is 3.50. The molecule has 3 aromatic rings. The van der Waals surface area contributed by atoms with Crippen LogP contribution in [0.3, 0.4) is 0 Å². The number of benzene rings is 2. The van der Waals surface area contributed by atoms with E-state index in [1.54, 1.807) is 48.7 Å². The van der Waals surface area contributed by atoms with Crippen molar-refractivity contribution in [3.8, 4) is 0 Å². The Morgan fingerprint density at radius 2 is 1.68 bits per heavy atom. The van der Waals surface area contributed by atoms with Crippen LogP contribution >= 0.6 is 0 Å². The van der Waals surface area contributed by atoms with Gasteiger partial charge in [-0.15, -0.1) is 0 Å². The number of rotatable bonds is 6. The molecule has 2 aromatic carbocycles. The van der Waals surface area contributed by atoms with Crippen LogP contribution in [-0.4, -0.2) is 16.8 Å². The van der Waals surface area contributed by atoms with Crippen molar-refractivity contribution in [2.45, 2.75) is 6.42 Å². The predicted molar refractivity (Wildman–Crippen MR) is 112 cm³/mol. The molecule has 1 aromatic heterocycles. The van der Waals surface area contributed by atoms with Crippen molar-refractivity contribution in [3.63, 3.8) is 0 Å². The van der Waals surface area contributed by atoms with E-state index in [0.717, 1.165) is 5.56 Å². The first-order chi connectivity index (χ1) is 13.6. The van der Waals surface area contributed by atoms with Crippen molar-refractivity contribution >= 4 is 35.0 Å². The summed E-state index contributed by atoms with van der Waals surface area (Å²) in [7, 11) is 0. The molecule has 1 heterocycles. The molecule has 0 radical (unpaired) electrons. The number of carbonyl (C=O) groups excluding carboxylic acids is 2. The summed E-state index contributed by atoms with van der Waals surface area (Å²) in [5.41, 5.74) is 8.98. The van der Waals surface area contributed by atoms with E-state index in [-0.39, 0.29) is 11.8 Å². The Balaban J connectivity index is 1.53. The van der Waals surface area contributed by atoms with E-state index in [1.165, 1.54) is 6.08 Å². The lowest BCUT2D eigenvalue weighted by molar-refractivity contribution is -0.115. The number of hydrogen-bond acceptors (Lipinski definition) is 4. The molecule has 0 atom stereocenters. The molecule has 2 amide bonds. The van der Waals surface area contributed by atoms with Crippen LogP contribution in [0.15, 0.2) is 79.0 Å². The molecule has 0 spiro atoms. The topological polar surface area (TPSA) is 97.1 Å². The molecule has 0 saturated carbocycles. The van der Waals surface area contributed by atoms with Crippen LogP contribution in [0.5, 0.6) is 0 Å². The van der Waals surface area contributed by atoms with Crippen LogP contribution in [0.25, 0.3) is 6.08 Å². The molecule has 0 aliphatic rings. The van der Waals surface area contributed by atoms with Gasteiger partial charge in [-0.1, -0.05) is 42.5 Å². The van der Waals surface area contributed by atoms with E-state index in [2.05, 4.69) is 15.6 Å². The minimum atomic E-state index is -0.306. The van der Waals surface area contributed by atoms with E-state index >= 15 is 0 Å². The Morgan fingerprint density at radius 1 is 0.929 bits per heavy atom. The number of amides is 2. The monoisotopic (exact) mass is 372 g/mol. The van der Waals surface area contributed by atoms with Gasteiger partial charge in [0.2, 0.25) is 11.8 Å². The Morgan fingerprint density at radius 3 is 2.39 bits per heavy atom. The lowest BCUT2D eigenvalue weighted by Crippen LogP contribution is -2.14. The number of anilines is 3. The molecule has 0 unspecified atom stereocenters. The molecule has 3 rings (SSSR count). The van der Waals surface area contributed by atoms with Crippen LogP contribution in [0.2, 0.25) is 0 Å². The molecule has 0 aliphatic heterocycles. The summed E-state index contributed by atoms with van der Waals surface area (Å²) in [6.07, 6.45) is 4.81. The van der Waals surface area contributed by atoms with Crippen LogP contribution in [-0.2, 0) is 16.0 Å². The molecule has 0 bridgehead atoms. The van der Waals surface area contributed by atoms with Crippen molar-refractivity contribution in [1.82, 2.24) is 4.98 Å². The summed E-state index contributed by atoms with van der Waals surface area (Å²) >= 11 is 0. The Kier molecular flexibility index (Phi) is 6.15. The number of pyridine rings is 1. The summed E-state index contributed by atoms with van der Waals surface area (Å²) in [5.74, 6) is -0.420. The zero-order valence-corrected chi connectivity index (χ0v) is 15.1. The molecule has 140 valence electrons. The molecule has 0 aliphatic carbocycles. The van der Waals surface area contributed by atoms with Gasteiger partial charge in [0.05, 0.1) is 35.4 Å². The lowest BCUT2D eigenvalue weighted by atomic mass is 10.1. The largest absolute Gasteiger partial charge is 0.397 e. The van der Waals surface area contributed by atoms with E-state index in [9.17, 15) is 9.59 Å². The summed E-state index contributed by atoms with van der Waals surface area (Å²) in [6, 6.07) is 20.0. The maximum absolute atomic E-state index is 12.1. The fourth-order valence-electron chi connectivity index (χ4n) is 2.51. The minimum Gasteiger partial charge on any atom is -0.397 e. The average molecular weight is 372 g/mol. The van der Waals surface area contributed by atoms with Crippen molar-refractivity contribution < 1.29 is 9.59 Å². The van der Waals surface area contributed by atoms with E-state index in [1.807, 2.05) is 30.3 Å². The molecular weight excluding hydrogens is 352 g/mol. The first-order valence-electron chi connectivity index (χ1n) is 8.73. The normalized spacial score (nSPS) is 10.6. The standard InChI is InChI=1S/C22H20N4O2/c23-19-8-4-5-9-20(19)26-21(27)13-12-17-10-11-18(15-24-17)25-22(28)14-16-6-2-1-3-7-16/h1-13,15H,14,23H2,(H,25,28)(H,26,27)/b13-12+. The third kappa shape index (κ3) is 5.54. The van der Waals surface area contributed by atoms with Gasteiger partial charge in [-0.3, -0.25) is 14.6 Å². The number of hydrogen-bond donors (Lipinski definition) is 3. The van der Waals surface area contributed by atoms with Crippen LogP contribution < -0.4 is 16.4 Å². The van der Waals surface area contributed by atoms with Crippen molar-refractivity contribution in [3.05, 3.63) is 90.3 Å². The number of nitrogens with one attached hydrogen (secondary N) is 2. The highest BCUT2D eigenvalue weighted by Gasteiger charge is 2.04. The zero-order chi connectivity index (χ0) is 19.8. The fraction of sp³-hybridized carbons (Fsp3) is 0.0455. The molecule has 4 N–H and O–H groups in total. The second-order valence-corrected chi connectivity index (χ2v) is 6.09. The Labute approximate surface area is 163 Å². The highest BCUT2D eigenvalue weighted by atomic mass is 16.2. The zero-order valence-electron chi connectivity index (χ0n) is 15.1. The molecule has 6 nitrogen and oxygen atoms in total. The minimum absolute atomic E-state index is 0.115. The van der Waals surface area contributed by atoms with Gasteiger partial charge in [-0.25, -0.2) is 0 Å². The second kappa shape index (κ2) is 9.14. The SMILES string of the molecule is Nc1ccccc1NC(=O)/C=C/c1ccc(NC(=O)Cc2ccccc2)cn1. The van der Waals surface area contributed by atoms with Gasteiger partial charge >= 0.3 is 0 Å². The maximum atomic E-state index is 12.1. The van der Waals surface area contributed by atoms with Gasteiger partial charge in [0, 0.05) is 6.08 Å². The highest BCUT2D eigenvalue weighted by molar-refractivity contribution is 6.03. The van der Waals surface area contributed by atoms with Crippen molar-refractivity contribution in [2.24, 2.45) is 0 Å².